The fourth-order valence-corrected chi connectivity index (χ4v) is 6.81. The Kier molecular flexibility index (Phi) is 5.00. The number of amides is 1. The zero-order valence-electron chi connectivity index (χ0n) is 18.7. The van der Waals surface area contributed by atoms with Crippen molar-refractivity contribution in [3.63, 3.8) is 0 Å². The molecule has 0 unspecified atom stereocenters. The first-order valence-electron chi connectivity index (χ1n) is 11.5. The SMILES string of the molecule is Cc1cc(C(=O)N2[C@H]3CCCC[C@H]4N(C)[C@@H](Cc5ccccc5)[C@@H]2C[C@@]34C)nc(=O)[nH]1. The number of carbonyl (C=O) groups is 1. The molecule has 6 heteroatoms. The minimum Gasteiger partial charge on any atom is -0.329 e. The summed E-state index contributed by atoms with van der Waals surface area (Å²) in [6.07, 6.45) is 6.51. The lowest BCUT2D eigenvalue weighted by molar-refractivity contribution is 0.0155. The Morgan fingerprint density at radius 1 is 1.19 bits per heavy atom. The first-order valence-corrected chi connectivity index (χ1v) is 11.5. The highest BCUT2D eigenvalue weighted by molar-refractivity contribution is 5.93. The first-order chi connectivity index (χ1) is 14.9. The lowest BCUT2D eigenvalue weighted by atomic mass is 9.69. The van der Waals surface area contributed by atoms with E-state index in [9.17, 15) is 9.59 Å². The lowest BCUT2D eigenvalue weighted by Crippen LogP contribution is -2.58. The molecule has 2 bridgehead atoms. The van der Waals surface area contributed by atoms with Crippen molar-refractivity contribution < 1.29 is 4.79 Å². The summed E-state index contributed by atoms with van der Waals surface area (Å²) in [6, 6.07) is 13.4. The van der Waals surface area contributed by atoms with Crippen LogP contribution < -0.4 is 5.69 Å². The molecule has 1 aromatic carbocycles. The number of piperidine rings is 1. The average molecular weight is 421 g/mol. The van der Waals surface area contributed by atoms with Gasteiger partial charge in [-0.3, -0.25) is 9.69 Å². The standard InChI is InChI=1S/C25H32N4O2/c1-16-13-18(27-24(31)26-16)23(30)29-20-15-25(2)21(11-7-8-12-22(25)29)28(3)19(20)14-17-9-5-4-6-10-17/h4-6,9-10,13,19-22H,7-8,11-12,14-15H2,1-3H3,(H,26,27,31)/t19-,20-,21+,22-,25+/m0/s1. The quantitative estimate of drug-likeness (QED) is 0.828. The van der Waals surface area contributed by atoms with Gasteiger partial charge in [-0.15, -0.1) is 0 Å². The number of likely N-dealkylation sites (N-methyl/N-ethyl adjacent to an activating group) is 1. The molecule has 6 nitrogen and oxygen atoms in total. The maximum Gasteiger partial charge on any atom is 0.345 e. The number of carbonyl (C=O) groups excluding carboxylic acids is 1. The molecular formula is C25H32N4O2. The van der Waals surface area contributed by atoms with Crippen LogP contribution in [0, 0.1) is 12.3 Å². The van der Waals surface area contributed by atoms with Gasteiger partial charge in [0.25, 0.3) is 5.91 Å². The van der Waals surface area contributed by atoms with Gasteiger partial charge in [0.05, 0.1) is 0 Å². The Balaban J connectivity index is 1.58. The van der Waals surface area contributed by atoms with Crippen LogP contribution in [-0.4, -0.2) is 56.9 Å². The highest BCUT2D eigenvalue weighted by Crippen LogP contribution is 2.55. The van der Waals surface area contributed by atoms with Gasteiger partial charge in [0, 0.05) is 35.3 Å². The number of benzene rings is 1. The second-order valence-electron chi connectivity index (χ2n) is 9.98. The summed E-state index contributed by atoms with van der Waals surface area (Å²) in [5, 5.41) is 0. The van der Waals surface area contributed by atoms with E-state index in [4.69, 9.17) is 0 Å². The number of aromatic nitrogens is 2. The molecule has 164 valence electrons. The van der Waals surface area contributed by atoms with Crippen LogP contribution in [0.3, 0.4) is 0 Å². The van der Waals surface area contributed by atoms with Crippen LogP contribution in [0.4, 0.5) is 0 Å². The molecule has 2 aliphatic heterocycles. The van der Waals surface area contributed by atoms with E-state index in [0.29, 0.717) is 11.7 Å². The van der Waals surface area contributed by atoms with Crippen molar-refractivity contribution in [3.05, 3.63) is 63.8 Å². The highest BCUT2D eigenvalue weighted by Gasteiger charge is 2.62. The molecule has 1 aliphatic carbocycles. The van der Waals surface area contributed by atoms with Crippen LogP contribution in [0.15, 0.2) is 41.2 Å². The average Bonchev–Trinajstić information content (AvgIpc) is 2.88. The highest BCUT2D eigenvalue weighted by atomic mass is 16.2. The predicted molar refractivity (Wildman–Crippen MR) is 120 cm³/mol. The summed E-state index contributed by atoms with van der Waals surface area (Å²) in [5.41, 5.74) is 1.88. The molecule has 1 saturated carbocycles. The third kappa shape index (κ3) is 3.32. The molecule has 1 amide bonds. The second kappa shape index (κ2) is 7.59. The number of hydrogen-bond donors (Lipinski definition) is 1. The molecule has 3 fully saturated rings. The van der Waals surface area contributed by atoms with Gasteiger partial charge in [-0.2, -0.15) is 4.98 Å². The fourth-order valence-electron chi connectivity index (χ4n) is 6.81. The van der Waals surface area contributed by atoms with Crippen molar-refractivity contribution in [2.45, 2.75) is 76.5 Å². The van der Waals surface area contributed by atoms with Crippen LogP contribution in [0.5, 0.6) is 0 Å². The summed E-state index contributed by atoms with van der Waals surface area (Å²) >= 11 is 0. The molecule has 5 rings (SSSR count). The number of aryl methyl sites for hydroxylation is 1. The monoisotopic (exact) mass is 420 g/mol. The molecule has 3 heterocycles. The third-order valence-electron chi connectivity index (χ3n) is 8.15. The van der Waals surface area contributed by atoms with E-state index >= 15 is 0 Å². The molecule has 0 radical (unpaired) electrons. The van der Waals surface area contributed by atoms with Crippen LogP contribution >= 0.6 is 0 Å². The number of hydrogen-bond acceptors (Lipinski definition) is 4. The van der Waals surface area contributed by atoms with Crippen LogP contribution in [0.1, 0.15) is 60.8 Å². The fraction of sp³-hybridized carbons (Fsp3) is 0.560. The largest absolute Gasteiger partial charge is 0.345 e. The van der Waals surface area contributed by atoms with Crippen molar-refractivity contribution in [2.24, 2.45) is 5.41 Å². The Morgan fingerprint density at radius 2 is 1.90 bits per heavy atom. The Bertz CT molecular complexity index is 1040. The van der Waals surface area contributed by atoms with Crippen LogP contribution in [-0.2, 0) is 6.42 Å². The molecule has 2 saturated heterocycles. The van der Waals surface area contributed by atoms with E-state index in [1.165, 1.54) is 18.4 Å². The van der Waals surface area contributed by atoms with Crippen LogP contribution in [0.25, 0.3) is 0 Å². The molecule has 31 heavy (non-hydrogen) atoms. The van der Waals surface area contributed by atoms with E-state index in [1.54, 1.807) is 13.0 Å². The van der Waals surface area contributed by atoms with Gasteiger partial charge in [0.1, 0.15) is 5.69 Å². The first kappa shape index (κ1) is 20.4. The maximum atomic E-state index is 13.8. The second-order valence-corrected chi connectivity index (χ2v) is 9.98. The summed E-state index contributed by atoms with van der Waals surface area (Å²) in [5.74, 6) is -0.0815. The topological polar surface area (TPSA) is 69.3 Å². The Labute approximate surface area is 183 Å². The summed E-state index contributed by atoms with van der Waals surface area (Å²) in [4.78, 5) is 37.3. The van der Waals surface area contributed by atoms with Crippen molar-refractivity contribution >= 4 is 5.91 Å². The smallest absolute Gasteiger partial charge is 0.329 e. The number of H-pyrrole nitrogens is 1. The van der Waals surface area contributed by atoms with Crippen molar-refractivity contribution in [3.8, 4) is 0 Å². The van der Waals surface area contributed by atoms with Gasteiger partial charge in [0.15, 0.2) is 0 Å². The van der Waals surface area contributed by atoms with Gasteiger partial charge >= 0.3 is 5.69 Å². The van der Waals surface area contributed by atoms with Gasteiger partial charge in [-0.05, 0) is 51.3 Å². The summed E-state index contributed by atoms with van der Waals surface area (Å²) in [6.45, 7) is 4.19. The van der Waals surface area contributed by atoms with E-state index < -0.39 is 5.69 Å². The molecule has 1 aromatic heterocycles. The van der Waals surface area contributed by atoms with Crippen LogP contribution in [0.2, 0.25) is 0 Å². The summed E-state index contributed by atoms with van der Waals surface area (Å²) in [7, 11) is 2.26. The number of nitrogens with one attached hydrogen (secondary N) is 1. The van der Waals surface area contributed by atoms with Crippen molar-refractivity contribution in [1.82, 2.24) is 19.8 Å². The van der Waals surface area contributed by atoms with Gasteiger partial charge < -0.3 is 9.88 Å². The molecular weight excluding hydrogens is 388 g/mol. The number of fused-ring (bicyclic) bond motifs is 1. The molecule has 2 aromatic rings. The van der Waals surface area contributed by atoms with E-state index in [0.717, 1.165) is 25.7 Å². The van der Waals surface area contributed by atoms with Crippen molar-refractivity contribution in [2.75, 3.05) is 7.05 Å². The lowest BCUT2D eigenvalue weighted by Gasteiger charge is -2.49. The van der Waals surface area contributed by atoms with E-state index in [2.05, 4.69) is 64.1 Å². The molecule has 5 atom stereocenters. The maximum absolute atomic E-state index is 13.8. The van der Waals surface area contributed by atoms with Gasteiger partial charge in [-0.25, -0.2) is 4.79 Å². The normalized spacial score (nSPS) is 32.7. The number of rotatable bonds is 3. The van der Waals surface area contributed by atoms with Gasteiger partial charge in [0.2, 0.25) is 0 Å². The van der Waals surface area contributed by atoms with E-state index in [-0.39, 0.29) is 35.1 Å². The molecule has 0 spiro atoms. The zero-order valence-corrected chi connectivity index (χ0v) is 18.7. The Hall–Kier alpha value is -2.47. The van der Waals surface area contributed by atoms with Gasteiger partial charge in [-0.1, -0.05) is 50.1 Å². The third-order valence-corrected chi connectivity index (χ3v) is 8.15. The Morgan fingerprint density at radius 3 is 2.61 bits per heavy atom. The predicted octanol–water partition coefficient (Wildman–Crippen LogP) is 3.17. The summed E-state index contributed by atoms with van der Waals surface area (Å²) < 4.78 is 0. The number of aromatic amines is 1. The van der Waals surface area contributed by atoms with Crippen molar-refractivity contribution in [1.29, 1.82) is 0 Å². The zero-order chi connectivity index (χ0) is 21.8. The number of likely N-dealkylation sites (tertiary alicyclic amines) is 2. The van der Waals surface area contributed by atoms with E-state index in [1.807, 2.05) is 0 Å². The molecule has 1 N–H and O–H groups in total. The minimum absolute atomic E-state index is 0.0784. The number of nitrogens with zero attached hydrogens (tertiary/aromatic N) is 3. The minimum atomic E-state index is -0.451. The molecule has 3 aliphatic rings.